The molecule has 17 heteroatoms. The van der Waals surface area contributed by atoms with Crippen LogP contribution in [-0.2, 0) is 43.2 Å². The molecule has 0 saturated carbocycles. The molecule has 0 spiro atoms. The van der Waals surface area contributed by atoms with Crippen LogP contribution in [0, 0.1) is 0 Å². The maximum absolute atomic E-state index is 12.3. The number of amides is 3. The minimum absolute atomic E-state index is 0. The quantitative estimate of drug-likeness (QED) is 0.171. The largest absolute Gasteiger partial charge is 1.00 e. The standard InChI is InChI=1S/C25H32N2O7.C13H18N2O5.ClH/c1-25(2,3)34-23(29)26-19(22(28)31-6)14-18-12-13-20(21(15-18)33-24(30)27(4)5)32-16-17-10-8-7-9-11-17;1-15(2)13(18)20-11-7-8(4-5-10(11)16)6-9(14)12(17)19-3;/h7-13,15,19H,14,16H2,1-6H3,(H,26,29);4-5,7,9,16H,6,14H2,1-3H3;1H/t19-;9-;/m00./s1. The highest BCUT2D eigenvalue weighted by Crippen LogP contribution is 2.31. The smallest absolute Gasteiger partial charge is 0.414 e. The molecule has 302 valence electrons. The Morgan fingerprint density at radius 3 is 1.80 bits per heavy atom. The molecule has 0 aliphatic heterocycles. The van der Waals surface area contributed by atoms with Crippen molar-refractivity contribution in [2.45, 2.75) is 57.9 Å². The molecule has 0 fully saturated rings. The number of carbonyl (C=O) groups is 5. The number of quaternary nitrogens is 1. The van der Waals surface area contributed by atoms with E-state index in [9.17, 15) is 29.1 Å². The molecule has 2 atom stereocenters. The average molecular weight is 791 g/mol. The Morgan fingerprint density at radius 1 is 0.727 bits per heavy atom. The molecule has 0 unspecified atom stereocenters. The van der Waals surface area contributed by atoms with Gasteiger partial charge in [0.2, 0.25) is 0 Å². The molecule has 0 saturated heterocycles. The van der Waals surface area contributed by atoms with Gasteiger partial charge >= 0.3 is 30.2 Å². The molecular formula is C38H51ClN4O12. The van der Waals surface area contributed by atoms with Crippen molar-refractivity contribution in [3.05, 3.63) is 83.4 Å². The van der Waals surface area contributed by atoms with Crippen LogP contribution >= 0.6 is 0 Å². The number of alkyl carbamates (subject to hydrolysis) is 1. The first kappa shape index (κ1) is 47.3. The zero-order chi connectivity index (χ0) is 40.6. The third kappa shape index (κ3) is 16.9. The van der Waals surface area contributed by atoms with Crippen LogP contribution in [0.5, 0.6) is 23.0 Å². The Morgan fingerprint density at radius 2 is 1.25 bits per heavy atom. The highest BCUT2D eigenvalue weighted by Gasteiger charge is 2.26. The lowest BCUT2D eigenvalue weighted by Gasteiger charge is -2.23. The van der Waals surface area contributed by atoms with E-state index < -0.39 is 47.9 Å². The summed E-state index contributed by atoms with van der Waals surface area (Å²) in [6.45, 7) is 5.44. The summed E-state index contributed by atoms with van der Waals surface area (Å²) in [7, 11) is 8.72. The van der Waals surface area contributed by atoms with Gasteiger partial charge in [-0.05, 0) is 61.7 Å². The monoisotopic (exact) mass is 790 g/mol. The van der Waals surface area contributed by atoms with Crippen molar-refractivity contribution in [3.63, 3.8) is 0 Å². The van der Waals surface area contributed by atoms with Gasteiger partial charge in [-0.1, -0.05) is 42.5 Å². The zero-order valence-electron chi connectivity index (χ0n) is 32.5. The number of aromatic hydroxyl groups is 1. The Hall–Kier alpha value is -5.74. The second-order valence-electron chi connectivity index (χ2n) is 13.2. The van der Waals surface area contributed by atoms with Gasteiger partial charge in [0.1, 0.15) is 18.2 Å². The molecular weight excluding hydrogens is 740 g/mol. The maximum Gasteiger partial charge on any atom is 0.414 e. The fraction of sp³-hybridized carbons (Fsp3) is 0.395. The van der Waals surface area contributed by atoms with Crippen LogP contribution in [0.4, 0.5) is 14.4 Å². The fourth-order valence-corrected chi connectivity index (χ4v) is 4.31. The predicted molar refractivity (Wildman–Crippen MR) is 196 cm³/mol. The molecule has 3 amide bonds. The van der Waals surface area contributed by atoms with Crippen LogP contribution < -0.4 is 37.7 Å². The second-order valence-corrected chi connectivity index (χ2v) is 13.2. The van der Waals surface area contributed by atoms with Crippen molar-refractivity contribution in [3.8, 4) is 23.0 Å². The van der Waals surface area contributed by atoms with E-state index in [1.54, 1.807) is 59.1 Å². The van der Waals surface area contributed by atoms with Crippen molar-refractivity contribution in [1.29, 1.82) is 0 Å². The topological polar surface area (TPSA) is 207 Å². The summed E-state index contributed by atoms with van der Waals surface area (Å²) in [6, 6.07) is 17.5. The molecule has 0 bridgehead atoms. The van der Waals surface area contributed by atoms with E-state index in [0.29, 0.717) is 23.3 Å². The molecule has 16 nitrogen and oxygen atoms in total. The summed E-state index contributed by atoms with van der Waals surface area (Å²) < 4.78 is 31.0. The number of hydrogen-bond acceptors (Lipinski definition) is 12. The number of benzene rings is 3. The SMILES string of the molecule is COC(=O)[C@@H]([NH3+])Cc1ccc(O)c(OC(=O)N(C)C)c1.COC(=O)[C@H](Cc1ccc(OCc2ccccc2)c(OC(=O)N(C)C)c1)NC(=O)OC(C)(C)C.[Cl-]. The number of phenolic OH excluding ortho intramolecular Hbond substituents is 1. The summed E-state index contributed by atoms with van der Waals surface area (Å²) >= 11 is 0. The minimum atomic E-state index is -1.01. The minimum Gasteiger partial charge on any atom is -1.00 e. The van der Waals surface area contributed by atoms with E-state index in [0.717, 1.165) is 5.56 Å². The number of nitrogens with zero attached hydrogens (tertiary/aromatic N) is 2. The van der Waals surface area contributed by atoms with Crippen LogP contribution in [0.25, 0.3) is 0 Å². The second kappa shape index (κ2) is 22.5. The van der Waals surface area contributed by atoms with Crippen molar-refractivity contribution >= 4 is 30.2 Å². The molecule has 0 aliphatic rings. The van der Waals surface area contributed by atoms with Crippen molar-refractivity contribution in [1.82, 2.24) is 15.1 Å². The van der Waals surface area contributed by atoms with Gasteiger partial charge in [-0.3, -0.25) is 0 Å². The summed E-state index contributed by atoms with van der Waals surface area (Å²) in [6.07, 6.45) is -1.53. The highest BCUT2D eigenvalue weighted by atomic mass is 35.5. The van der Waals surface area contributed by atoms with E-state index >= 15 is 0 Å². The van der Waals surface area contributed by atoms with Crippen LogP contribution in [0.2, 0.25) is 0 Å². The summed E-state index contributed by atoms with van der Waals surface area (Å²) in [4.78, 5) is 62.0. The lowest BCUT2D eigenvalue weighted by atomic mass is 10.1. The Balaban J connectivity index is 0.000000615. The fourth-order valence-electron chi connectivity index (χ4n) is 4.31. The number of carbonyl (C=O) groups excluding carboxylic acids is 5. The van der Waals surface area contributed by atoms with E-state index in [2.05, 4.69) is 15.8 Å². The number of methoxy groups -OCH3 is 2. The highest BCUT2D eigenvalue weighted by molar-refractivity contribution is 5.82. The molecule has 3 aromatic rings. The first-order valence-corrected chi connectivity index (χ1v) is 16.7. The van der Waals surface area contributed by atoms with E-state index in [1.807, 2.05) is 30.3 Å². The van der Waals surface area contributed by atoms with Gasteiger partial charge in [0.05, 0.1) is 14.2 Å². The van der Waals surface area contributed by atoms with E-state index in [4.69, 9.17) is 23.7 Å². The lowest BCUT2D eigenvalue weighted by Crippen LogP contribution is -3.00. The number of rotatable bonds is 12. The Labute approximate surface area is 327 Å². The maximum atomic E-state index is 12.3. The first-order chi connectivity index (χ1) is 25.3. The van der Waals surface area contributed by atoms with Gasteiger partial charge in [0, 0.05) is 41.0 Å². The lowest BCUT2D eigenvalue weighted by molar-refractivity contribution is -0.407. The van der Waals surface area contributed by atoms with E-state index in [-0.39, 0.29) is 42.7 Å². The van der Waals surface area contributed by atoms with Gasteiger partial charge in [-0.2, -0.15) is 0 Å². The van der Waals surface area contributed by atoms with Crippen molar-refractivity contribution in [2.75, 3.05) is 42.4 Å². The number of esters is 2. The van der Waals surface area contributed by atoms with Crippen molar-refractivity contribution < 1.29 is 75.6 Å². The third-order valence-corrected chi connectivity index (χ3v) is 7.03. The van der Waals surface area contributed by atoms with Gasteiger partial charge in [0.25, 0.3) is 0 Å². The normalized spacial score (nSPS) is 11.5. The number of hydrogen-bond donors (Lipinski definition) is 3. The van der Waals surface area contributed by atoms with E-state index in [1.165, 1.54) is 50.2 Å². The van der Waals surface area contributed by atoms with Crippen LogP contribution in [-0.4, -0.2) is 105 Å². The Bertz CT molecular complexity index is 1730. The van der Waals surface area contributed by atoms with Crippen LogP contribution in [0.1, 0.15) is 37.5 Å². The number of phenols is 1. The Kier molecular flexibility index (Phi) is 19.3. The third-order valence-electron chi connectivity index (χ3n) is 7.03. The summed E-state index contributed by atoms with van der Waals surface area (Å²) in [5, 5.41) is 12.2. The molecule has 0 aromatic heterocycles. The summed E-state index contributed by atoms with van der Waals surface area (Å²) in [5.74, 6) is -0.626. The molecule has 0 heterocycles. The zero-order valence-corrected chi connectivity index (χ0v) is 33.3. The van der Waals surface area contributed by atoms with Gasteiger partial charge < -0.3 is 66.8 Å². The number of ether oxygens (including phenoxy) is 6. The van der Waals surface area contributed by atoms with Crippen LogP contribution in [0.3, 0.4) is 0 Å². The molecule has 0 radical (unpaired) electrons. The predicted octanol–water partition coefficient (Wildman–Crippen LogP) is 0.717. The van der Waals surface area contributed by atoms with Gasteiger partial charge in [-0.15, -0.1) is 0 Å². The summed E-state index contributed by atoms with van der Waals surface area (Å²) in [5.41, 5.74) is 5.23. The molecule has 3 rings (SSSR count). The molecule has 55 heavy (non-hydrogen) atoms. The van der Waals surface area contributed by atoms with Crippen molar-refractivity contribution in [2.24, 2.45) is 0 Å². The first-order valence-electron chi connectivity index (χ1n) is 16.7. The average Bonchev–Trinajstić information content (AvgIpc) is 3.11. The van der Waals surface area contributed by atoms with Gasteiger partial charge in [-0.25, -0.2) is 24.0 Å². The number of nitrogens with one attached hydrogen (secondary N) is 1. The van der Waals surface area contributed by atoms with Crippen LogP contribution in [0.15, 0.2) is 66.7 Å². The molecule has 5 N–H and O–H groups in total. The van der Waals surface area contributed by atoms with Gasteiger partial charge in [0.15, 0.2) is 29.0 Å². The molecule has 0 aliphatic carbocycles. The number of halogens is 1. The molecule has 3 aromatic carbocycles.